The van der Waals surface area contributed by atoms with E-state index in [1.807, 2.05) is 13.0 Å². The summed E-state index contributed by atoms with van der Waals surface area (Å²) in [6.45, 7) is 4.98. The fourth-order valence-electron chi connectivity index (χ4n) is 1.89. The molecular weight excluding hydrogens is 290 g/mol. The van der Waals surface area contributed by atoms with Crippen LogP contribution in [-0.4, -0.2) is 17.6 Å². The Labute approximate surface area is 128 Å². The Morgan fingerprint density at radius 2 is 2.19 bits per heavy atom. The maximum Gasteiger partial charge on any atom is 0.253 e. The second kappa shape index (κ2) is 7.13. The zero-order chi connectivity index (χ0) is 15.2. The molecule has 0 radical (unpaired) electrons. The lowest BCUT2D eigenvalue weighted by atomic mass is 10.1. The predicted octanol–water partition coefficient (Wildman–Crippen LogP) is 3.39. The monoisotopic (exact) mass is 307 g/mol. The molecule has 2 aromatic rings. The molecule has 0 aliphatic heterocycles. The highest BCUT2D eigenvalue weighted by Gasteiger charge is 2.12. The van der Waals surface area contributed by atoms with E-state index in [4.69, 9.17) is 16.1 Å². The van der Waals surface area contributed by atoms with Gasteiger partial charge in [-0.3, -0.25) is 4.79 Å². The Kier molecular flexibility index (Phi) is 5.22. The first-order valence-electron chi connectivity index (χ1n) is 6.84. The second-order valence-corrected chi connectivity index (χ2v) is 5.16. The first kappa shape index (κ1) is 15.4. The lowest BCUT2D eigenvalue weighted by Crippen LogP contribution is -2.24. The molecule has 0 bridgehead atoms. The zero-order valence-corrected chi connectivity index (χ0v) is 12.8. The molecule has 5 nitrogen and oxygen atoms in total. The third kappa shape index (κ3) is 4.23. The van der Waals surface area contributed by atoms with Crippen molar-refractivity contribution in [2.75, 3.05) is 11.9 Å². The largest absolute Gasteiger partial charge is 0.384 e. The molecule has 6 heteroatoms. The number of nitrogens with one attached hydrogen (secondary N) is 2. The standard InChI is InChI=1S/C15H18ClN3O2/c1-3-6-17-14-5-4-11(16)8-13(14)15(20)18-9-12-7-10(2)21-19-12/h4-5,7-8,17H,3,6,9H2,1-2H3,(H,18,20). The van der Waals surface area contributed by atoms with Gasteiger partial charge < -0.3 is 15.2 Å². The van der Waals surface area contributed by atoms with E-state index in [1.165, 1.54) is 0 Å². The number of carbonyl (C=O) groups is 1. The summed E-state index contributed by atoms with van der Waals surface area (Å²) < 4.78 is 4.96. The molecule has 0 aliphatic carbocycles. The van der Waals surface area contributed by atoms with Crippen LogP contribution in [0.2, 0.25) is 5.02 Å². The minimum Gasteiger partial charge on any atom is -0.384 e. The first-order chi connectivity index (χ1) is 10.1. The molecule has 0 saturated carbocycles. The quantitative estimate of drug-likeness (QED) is 0.858. The van der Waals surface area contributed by atoms with Crippen LogP contribution in [0, 0.1) is 6.92 Å². The number of anilines is 1. The molecule has 0 spiro atoms. The highest BCUT2D eigenvalue weighted by atomic mass is 35.5. The average molecular weight is 308 g/mol. The molecular formula is C15H18ClN3O2. The molecule has 1 aromatic heterocycles. The Morgan fingerprint density at radius 1 is 1.38 bits per heavy atom. The van der Waals surface area contributed by atoms with E-state index < -0.39 is 0 Å². The number of rotatable bonds is 6. The van der Waals surface area contributed by atoms with Crippen molar-refractivity contribution in [3.8, 4) is 0 Å². The summed E-state index contributed by atoms with van der Waals surface area (Å²) in [5.74, 6) is 0.518. The zero-order valence-electron chi connectivity index (χ0n) is 12.1. The van der Waals surface area contributed by atoms with Gasteiger partial charge in [0.15, 0.2) is 0 Å². The maximum atomic E-state index is 12.3. The minimum absolute atomic E-state index is 0.197. The van der Waals surface area contributed by atoms with Gasteiger partial charge in [0, 0.05) is 23.3 Å². The van der Waals surface area contributed by atoms with Crippen molar-refractivity contribution in [2.24, 2.45) is 0 Å². The molecule has 0 aliphatic rings. The summed E-state index contributed by atoms with van der Waals surface area (Å²) in [7, 11) is 0. The Morgan fingerprint density at radius 3 is 2.86 bits per heavy atom. The number of halogens is 1. The number of aryl methyl sites for hydroxylation is 1. The van der Waals surface area contributed by atoms with Gasteiger partial charge >= 0.3 is 0 Å². The molecule has 1 heterocycles. The van der Waals surface area contributed by atoms with Gasteiger partial charge in [-0.1, -0.05) is 23.7 Å². The van der Waals surface area contributed by atoms with Crippen LogP contribution in [0.15, 0.2) is 28.8 Å². The number of nitrogens with zero attached hydrogens (tertiary/aromatic N) is 1. The van der Waals surface area contributed by atoms with Gasteiger partial charge in [-0.05, 0) is 31.5 Å². The molecule has 2 N–H and O–H groups in total. The molecule has 1 amide bonds. The van der Waals surface area contributed by atoms with Crippen molar-refractivity contribution in [3.05, 3.63) is 46.3 Å². The maximum absolute atomic E-state index is 12.3. The van der Waals surface area contributed by atoms with Gasteiger partial charge in [0.1, 0.15) is 11.5 Å². The number of hydrogen-bond acceptors (Lipinski definition) is 4. The fraction of sp³-hybridized carbons (Fsp3) is 0.333. The summed E-state index contributed by atoms with van der Waals surface area (Å²) in [6.07, 6.45) is 0.974. The van der Waals surface area contributed by atoms with E-state index in [2.05, 4.69) is 22.7 Å². The van der Waals surface area contributed by atoms with E-state index in [1.54, 1.807) is 18.2 Å². The number of benzene rings is 1. The normalized spacial score (nSPS) is 10.4. The number of carbonyl (C=O) groups excluding carboxylic acids is 1. The Balaban J connectivity index is 2.08. The smallest absolute Gasteiger partial charge is 0.253 e. The van der Waals surface area contributed by atoms with Crippen LogP contribution in [0.4, 0.5) is 5.69 Å². The summed E-state index contributed by atoms with van der Waals surface area (Å²) in [4.78, 5) is 12.3. The number of aromatic nitrogens is 1. The first-order valence-corrected chi connectivity index (χ1v) is 7.21. The molecule has 0 unspecified atom stereocenters. The van der Waals surface area contributed by atoms with Crippen LogP contribution in [0.5, 0.6) is 0 Å². The second-order valence-electron chi connectivity index (χ2n) is 4.73. The predicted molar refractivity (Wildman–Crippen MR) is 82.6 cm³/mol. The van der Waals surface area contributed by atoms with Crippen molar-refractivity contribution in [1.29, 1.82) is 0 Å². The lowest BCUT2D eigenvalue weighted by Gasteiger charge is -2.11. The lowest BCUT2D eigenvalue weighted by molar-refractivity contribution is 0.0951. The van der Waals surface area contributed by atoms with Crippen molar-refractivity contribution in [2.45, 2.75) is 26.8 Å². The van der Waals surface area contributed by atoms with E-state index in [-0.39, 0.29) is 5.91 Å². The average Bonchev–Trinajstić information content (AvgIpc) is 2.89. The number of amides is 1. The topological polar surface area (TPSA) is 67.2 Å². The van der Waals surface area contributed by atoms with Crippen LogP contribution in [0.3, 0.4) is 0 Å². The van der Waals surface area contributed by atoms with Gasteiger partial charge in [-0.25, -0.2) is 0 Å². The van der Waals surface area contributed by atoms with E-state index >= 15 is 0 Å². The van der Waals surface area contributed by atoms with Gasteiger partial charge in [0.2, 0.25) is 0 Å². The van der Waals surface area contributed by atoms with Gasteiger partial charge in [-0.15, -0.1) is 0 Å². The molecule has 1 aromatic carbocycles. The van der Waals surface area contributed by atoms with Crippen molar-refractivity contribution >= 4 is 23.2 Å². The molecule has 2 rings (SSSR count). The Bertz CT molecular complexity index is 625. The van der Waals surface area contributed by atoms with Crippen molar-refractivity contribution in [3.63, 3.8) is 0 Å². The number of hydrogen-bond donors (Lipinski definition) is 2. The van der Waals surface area contributed by atoms with E-state index in [9.17, 15) is 4.79 Å². The van der Waals surface area contributed by atoms with Crippen LogP contribution in [0.1, 0.15) is 35.2 Å². The van der Waals surface area contributed by atoms with Gasteiger partial charge in [-0.2, -0.15) is 0 Å². The minimum atomic E-state index is -0.197. The highest BCUT2D eigenvalue weighted by molar-refractivity contribution is 6.31. The summed E-state index contributed by atoms with van der Waals surface area (Å²) in [5.41, 5.74) is 1.98. The van der Waals surface area contributed by atoms with Crippen LogP contribution >= 0.6 is 11.6 Å². The van der Waals surface area contributed by atoms with Gasteiger partial charge in [0.05, 0.1) is 12.1 Å². The SMILES string of the molecule is CCCNc1ccc(Cl)cc1C(=O)NCc1cc(C)on1. The highest BCUT2D eigenvalue weighted by Crippen LogP contribution is 2.21. The van der Waals surface area contributed by atoms with E-state index in [0.29, 0.717) is 28.6 Å². The van der Waals surface area contributed by atoms with Crippen molar-refractivity contribution in [1.82, 2.24) is 10.5 Å². The molecule has 0 fully saturated rings. The Hall–Kier alpha value is -2.01. The fourth-order valence-corrected chi connectivity index (χ4v) is 2.06. The van der Waals surface area contributed by atoms with Crippen LogP contribution < -0.4 is 10.6 Å². The molecule has 21 heavy (non-hydrogen) atoms. The van der Waals surface area contributed by atoms with Crippen LogP contribution in [0.25, 0.3) is 0 Å². The molecule has 112 valence electrons. The third-order valence-electron chi connectivity index (χ3n) is 2.90. The van der Waals surface area contributed by atoms with E-state index in [0.717, 1.165) is 18.7 Å². The summed E-state index contributed by atoms with van der Waals surface area (Å²) >= 11 is 5.98. The third-order valence-corrected chi connectivity index (χ3v) is 3.13. The van der Waals surface area contributed by atoms with Gasteiger partial charge in [0.25, 0.3) is 5.91 Å². The van der Waals surface area contributed by atoms with Crippen molar-refractivity contribution < 1.29 is 9.32 Å². The summed E-state index contributed by atoms with van der Waals surface area (Å²) in [5, 5.41) is 10.4. The van der Waals surface area contributed by atoms with Crippen LogP contribution in [-0.2, 0) is 6.54 Å². The molecule has 0 atom stereocenters. The molecule has 0 saturated heterocycles. The summed E-state index contributed by atoms with van der Waals surface area (Å²) in [6, 6.07) is 7.02.